The van der Waals surface area contributed by atoms with Crippen LogP contribution in [0.4, 0.5) is 5.69 Å². The van der Waals surface area contributed by atoms with E-state index >= 15 is 0 Å². The number of rotatable bonds is 3. The number of hydrogen-bond acceptors (Lipinski definition) is 5. The Kier molecular flexibility index (Phi) is 6.78. The molecule has 20 heavy (non-hydrogen) atoms. The fourth-order valence-electron chi connectivity index (χ4n) is 1.71. The quantitative estimate of drug-likeness (QED) is 0.452. The second-order valence-corrected chi connectivity index (χ2v) is 4.90. The number of aryl methyl sites for hydroxylation is 2. The van der Waals surface area contributed by atoms with Crippen molar-refractivity contribution in [2.45, 2.75) is 18.7 Å². The summed E-state index contributed by atoms with van der Waals surface area (Å²) >= 11 is 4.70. The lowest BCUT2D eigenvalue weighted by molar-refractivity contribution is 0.480. The molecule has 108 valence electrons. The minimum absolute atomic E-state index is 0.604. The van der Waals surface area contributed by atoms with E-state index in [2.05, 4.69) is 25.6 Å². The van der Waals surface area contributed by atoms with Crippen molar-refractivity contribution in [1.82, 2.24) is 0 Å². The minimum Gasteiger partial charge on any atom is -0.455 e. The normalized spacial score (nSPS) is 9.65. The maximum atomic E-state index is 5.90. The van der Waals surface area contributed by atoms with Gasteiger partial charge in [-0.15, -0.1) is 0 Å². The van der Waals surface area contributed by atoms with Crippen LogP contribution in [0, 0.1) is 13.8 Å². The van der Waals surface area contributed by atoms with E-state index in [1.807, 2.05) is 31.2 Å². The Morgan fingerprint density at radius 2 is 1.70 bits per heavy atom. The number of thiol groups is 1. The number of benzene rings is 2. The maximum Gasteiger partial charge on any atom is 0.151 e. The van der Waals surface area contributed by atoms with E-state index in [9.17, 15) is 0 Å². The summed E-state index contributed by atoms with van der Waals surface area (Å²) < 4.78 is 5.84. The van der Waals surface area contributed by atoms with Gasteiger partial charge in [0, 0.05) is 4.90 Å². The van der Waals surface area contributed by atoms with Gasteiger partial charge in [-0.2, -0.15) is 12.6 Å². The third-order valence-electron chi connectivity index (χ3n) is 2.67. The molecule has 0 heterocycles. The van der Waals surface area contributed by atoms with Crippen LogP contribution in [-0.2, 0) is 0 Å². The summed E-state index contributed by atoms with van der Waals surface area (Å²) in [7, 11) is 0. The van der Waals surface area contributed by atoms with Crippen molar-refractivity contribution in [1.29, 1.82) is 0 Å². The zero-order chi connectivity index (χ0) is 15.1. The van der Waals surface area contributed by atoms with E-state index in [0.717, 1.165) is 16.2 Å². The second-order valence-electron chi connectivity index (χ2n) is 4.19. The van der Waals surface area contributed by atoms with E-state index in [0.29, 0.717) is 11.4 Å². The Morgan fingerprint density at radius 1 is 1.00 bits per heavy atom. The van der Waals surface area contributed by atoms with E-state index in [1.165, 1.54) is 17.5 Å². The van der Waals surface area contributed by atoms with Gasteiger partial charge in [-0.1, -0.05) is 17.7 Å². The molecular weight excluding hydrogens is 288 g/mol. The predicted molar refractivity (Wildman–Crippen MR) is 91.8 cm³/mol. The van der Waals surface area contributed by atoms with Crippen molar-refractivity contribution >= 4 is 30.3 Å². The number of nitrogen functional groups attached to an aromatic ring is 1. The van der Waals surface area contributed by atoms with E-state index in [1.54, 1.807) is 12.3 Å². The molecule has 0 spiro atoms. The monoisotopic (exact) mass is 308 g/mol. The molecule has 0 aromatic heterocycles. The lowest BCUT2D eigenvalue weighted by Gasteiger charge is -2.12. The van der Waals surface area contributed by atoms with Gasteiger partial charge in [0.25, 0.3) is 0 Å². The minimum atomic E-state index is 0.604. The average Bonchev–Trinajstić information content (AvgIpc) is 2.46. The molecule has 2 aromatic carbocycles. The summed E-state index contributed by atoms with van der Waals surface area (Å²) in [5.41, 5.74) is 8.79. The molecule has 5 heteroatoms. The van der Waals surface area contributed by atoms with Gasteiger partial charge >= 0.3 is 0 Å². The number of nitrogens with two attached hydrogens (primary N) is 2. The fraction of sp³-hybridized carbons (Fsp3) is 0.200. The first-order valence-electron chi connectivity index (χ1n) is 6.06. The molecule has 2 aromatic rings. The van der Waals surface area contributed by atoms with Gasteiger partial charge in [0.1, 0.15) is 5.75 Å². The molecule has 0 saturated carbocycles. The molecular formula is C15H20N2OS2. The smallest absolute Gasteiger partial charge is 0.151 e. The molecule has 3 nitrogen and oxygen atoms in total. The Morgan fingerprint density at radius 3 is 2.30 bits per heavy atom. The Balaban J connectivity index is 0.000000956. The lowest BCUT2D eigenvalue weighted by Crippen LogP contribution is -1.94. The van der Waals surface area contributed by atoms with Crippen LogP contribution < -0.4 is 15.6 Å². The molecule has 0 bridgehead atoms. The van der Waals surface area contributed by atoms with Crippen LogP contribution in [0.15, 0.2) is 41.3 Å². The highest BCUT2D eigenvalue weighted by molar-refractivity contribution is 7.97. The van der Waals surface area contributed by atoms with Crippen molar-refractivity contribution in [2.24, 2.45) is 5.14 Å². The molecule has 4 N–H and O–H groups in total. The van der Waals surface area contributed by atoms with E-state index in [-0.39, 0.29) is 0 Å². The van der Waals surface area contributed by atoms with Crippen molar-refractivity contribution < 1.29 is 4.74 Å². The lowest BCUT2D eigenvalue weighted by atomic mass is 10.1. The molecule has 0 aliphatic rings. The summed E-state index contributed by atoms with van der Waals surface area (Å²) in [5, 5.41) is 5.53. The van der Waals surface area contributed by atoms with Crippen LogP contribution in [0.3, 0.4) is 0 Å². The molecule has 0 amide bonds. The molecule has 0 aliphatic heterocycles. The predicted octanol–water partition coefficient (Wildman–Crippen LogP) is 4.19. The number of hydrogen-bond donors (Lipinski definition) is 3. The second kappa shape index (κ2) is 8.09. The molecule has 0 aliphatic carbocycles. The van der Waals surface area contributed by atoms with Gasteiger partial charge < -0.3 is 10.5 Å². The first-order valence-corrected chi connectivity index (χ1v) is 7.83. The number of anilines is 1. The van der Waals surface area contributed by atoms with Gasteiger partial charge in [0.2, 0.25) is 0 Å². The number of ether oxygens (including phenoxy) is 1. The van der Waals surface area contributed by atoms with Gasteiger partial charge in [0.15, 0.2) is 5.75 Å². The molecule has 2 rings (SSSR count). The van der Waals surface area contributed by atoms with Crippen molar-refractivity contribution in [3.05, 3.63) is 47.5 Å². The van der Waals surface area contributed by atoms with Gasteiger partial charge in [-0.25, -0.2) is 0 Å². The summed E-state index contributed by atoms with van der Waals surface area (Å²) in [6.45, 7) is 4.07. The molecule has 0 unspecified atom stereocenters. The van der Waals surface area contributed by atoms with Crippen LogP contribution in [-0.4, -0.2) is 6.26 Å². The zero-order valence-electron chi connectivity index (χ0n) is 11.9. The van der Waals surface area contributed by atoms with Crippen LogP contribution in [0.5, 0.6) is 11.5 Å². The summed E-state index contributed by atoms with van der Waals surface area (Å²) in [4.78, 5) is 0.920. The standard InChI is InChI=1S/C14H16N2OS.CH4S/c1-9-3-6-13(10(2)7-9)17-14-8-11(18-16)4-5-12(14)15;1-2/h3-8H,15-16H2,1-2H3;2H,1H3. The zero-order valence-corrected chi connectivity index (χ0v) is 13.6. The topological polar surface area (TPSA) is 61.3 Å². The van der Waals surface area contributed by atoms with Crippen molar-refractivity contribution in [3.8, 4) is 11.5 Å². The van der Waals surface area contributed by atoms with Crippen molar-refractivity contribution in [2.75, 3.05) is 12.0 Å². The van der Waals surface area contributed by atoms with E-state index in [4.69, 9.17) is 15.6 Å². The molecule has 0 fully saturated rings. The van der Waals surface area contributed by atoms with Crippen LogP contribution in [0.2, 0.25) is 0 Å². The van der Waals surface area contributed by atoms with Crippen LogP contribution >= 0.6 is 24.6 Å². The third-order valence-corrected chi connectivity index (χ3v) is 3.20. The highest BCUT2D eigenvalue weighted by atomic mass is 32.2. The highest BCUT2D eigenvalue weighted by Gasteiger charge is 2.06. The SMILES string of the molecule is CS.Cc1ccc(Oc2cc(SN)ccc2N)c(C)c1. The van der Waals surface area contributed by atoms with E-state index < -0.39 is 0 Å². The first-order chi connectivity index (χ1) is 9.60. The molecule has 0 saturated heterocycles. The Bertz CT molecular complexity index is 574. The fourth-order valence-corrected chi connectivity index (χ4v) is 2.03. The Hall–Kier alpha value is -1.30. The van der Waals surface area contributed by atoms with Gasteiger partial charge in [-0.05, 0) is 61.9 Å². The van der Waals surface area contributed by atoms with Crippen LogP contribution in [0.1, 0.15) is 11.1 Å². The summed E-state index contributed by atoms with van der Waals surface area (Å²) in [5.74, 6) is 1.45. The summed E-state index contributed by atoms with van der Waals surface area (Å²) in [6.07, 6.45) is 1.69. The van der Waals surface area contributed by atoms with Crippen LogP contribution in [0.25, 0.3) is 0 Å². The molecule has 0 atom stereocenters. The highest BCUT2D eigenvalue weighted by Crippen LogP contribution is 2.32. The van der Waals surface area contributed by atoms with Gasteiger partial charge in [0.05, 0.1) is 5.69 Å². The average molecular weight is 308 g/mol. The largest absolute Gasteiger partial charge is 0.455 e. The van der Waals surface area contributed by atoms with Crippen molar-refractivity contribution in [3.63, 3.8) is 0 Å². The third kappa shape index (κ3) is 4.37. The molecule has 0 radical (unpaired) electrons. The first kappa shape index (κ1) is 16.8. The maximum absolute atomic E-state index is 5.90. The van der Waals surface area contributed by atoms with Gasteiger partial charge in [-0.3, -0.25) is 5.14 Å². The summed E-state index contributed by atoms with van der Waals surface area (Å²) in [6, 6.07) is 11.6. The Labute approximate surface area is 130 Å².